The van der Waals surface area contributed by atoms with Crippen molar-refractivity contribution in [1.29, 1.82) is 0 Å². The van der Waals surface area contributed by atoms with Crippen molar-refractivity contribution in [1.82, 2.24) is 0 Å². The fraction of sp³-hybridized carbons (Fsp3) is 0.455. The molecule has 0 saturated heterocycles. The molecule has 1 rings (SSSR count). The highest BCUT2D eigenvalue weighted by atomic mass is 79.9. The highest BCUT2D eigenvalue weighted by Gasteiger charge is 2.20. The summed E-state index contributed by atoms with van der Waals surface area (Å²) in [5, 5.41) is 0. The number of halogens is 1. The average Bonchev–Trinajstić information content (AvgIpc) is 2.29. The van der Waals surface area contributed by atoms with Crippen molar-refractivity contribution in [3.63, 3.8) is 0 Å². The first-order valence-electron chi connectivity index (χ1n) is 4.29. The summed E-state index contributed by atoms with van der Waals surface area (Å²) in [7, 11) is 0. The molecule has 1 heteroatoms. The van der Waals surface area contributed by atoms with Crippen LogP contribution in [0.25, 0.3) is 0 Å². The van der Waals surface area contributed by atoms with E-state index in [9.17, 15) is 0 Å². The summed E-state index contributed by atoms with van der Waals surface area (Å²) in [5.74, 6) is 0.595. The van der Waals surface area contributed by atoms with Crippen LogP contribution in [0.4, 0.5) is 0 Å². The molecule has 1 unspecified atom stereocenters. The normalized spacial score (nSPS) is 30.9. The lowest BCUT2D eigenvalue weighted by Gasteiger charge is -2.08. The maximum Gasteiger partial charge on any atom is 0.00233 e. The van der Waals surface area contributed by atoms with Crippen molar-refractivity contribution >= 4 is 15.9 Å². The number of rotatable bonds is 0. The fourth-order valence-electron chi connectivity index (χ4n) is 1.62. The second-order valence-electron chi connectivity index (χ2n) is 3.30. The van der Waals surface area contributed by atoms with Gasteiger partial charge in [0.05, 0.1) is 0 Å². The monoisotopic (exact) mass is 226 g/mol. The highest BCUT2D eigenvalue weighted by molar-refractivity contribution is 9.11. The summed E-state index contributed by atoms with van der Waals surface area (Å²) in [6.07, 6.45) is 4.47. The molecule has 0 amide bonds. The van der Waals surface area contributed by atoms with Gasteiger partial charge in [0.25, 0.3) is 0 Å². The third-order valence-electron chi connectivity index (χ3n) is 2.51. The molecule has 0 aromatic heterocycles. The van der Waals surface area contributed by atoms with E-state index in [1.54, 1.807) is 0 Å². The summed E-state index contributed by atoms with van der Waals surface area (Å²) in [6.45, 7) is 8.65. The van der Waals surface area contributed by atoms with E-state index in [4.69, 9.17) is 0 Å². The van der Waals surface area contributed by atoms with Crippen molar-refractivity contribution in [2.45, 2.75) is 27.7 Å². The Morgan fingerprint density at radius 2 is 2.17 bits per heavy atom. The molecule has 0 aromatic carbocycles. The molecule has 1 atom stereocenters. The molecule has 12 heavy (non-hydrogen) atoms. The zero-order chi connectivity index (χ0) is 9.30. The molecule has 0 N–H and O–H groups in total. The molecule has 1 aliphatic carbocycles. The molecule has 0 saturated carbocycles. The maximum absolute atomic E-state index is 3.53. The van der Waals surface area contributed by atoms with Crippen molar-refractivity contribution in [2.75, 3.05) is 0 Å². The molecular formula is C11H15Br. The lowest BCUT2D eigenvalue weighted by molar-refractivity contribution is 0.843. The highest BCUT2D eigenvalue weighted by Crippen LogP contribution is 2.37. The van der Waals surface area contributed by atoms with Gasteiger partial charge in [0.1, 0.15) is 0 Å². The Hall–Kier alpha value is -0.300. The molecular weight excluding hydrogens is 212 g/mol. The van der Waals surface area contributed by atoms with Gasteiger partial charge >= 0.3 is 0 Å². The van der Waals surface area contributed by atoms with E-state index in [1.165, 1.54) is 21.2 Å². The van der Waals surface area contributed by atoms with E-state index in [1.807, 2.05) is 0 Å². The van der Waals surface area contributed by atoms with E-state index in [-0.39, 0.29) is 0 Å². The molecule has 0 fully saturated rings. The first-order chi connectivity index (χ1) is 5.57. The van der Waals surface area contributed by atoms with E-state index in [0.29, 0.717) is 5.92 Å². The minimum atomic E-state index is 0.595. The number of allylic oxidation sites excluding steroid dienone is 6. The largest absolute Gasteiger partial charge is 0.0832 e. The molecule has 0 spiro atoms. The molecule has 66 valence electrons. The van der Waals surface area contributed by atoms with E-state index >= 15 is 0 Å². The second kappa shape index (κ2) is 3.61. The van der Waals surface area contributed by atoms with Crippen LogP contribution in [0.3, 0.4) is 0 Å². The van der Waals surface area contributed by atoms with E-state index in [2.05, 4.69) is 55.8 Å². The molecule has 0 aromatic rings. The lowest BCUT2D eigenvalue weighted by Crippen LogP contribution is -1.94. The van der Waals surface area contributed by atoms with Crippen molar-refractivity contribution in [2.24, 2.45) is 5.92 Å². The van der Waals surface area contributed by atoms with Crippen LogP contribution in [0.15, 0.2) is 33.4 Å². The van der Waals surface area contributed by atoms with Gasteiger partial charge in [-0.3, -0.25) is 0 Å². The van der Waals surface area contributed by atoms with Crippen LogP contribution >= 0.6 is 15.9 Å². The Balaban J connectivity index is 3.16. The molecule has 0 heterocycles. The van der Waals surface area contributed by atoms with Crippen LogP contribution in [0, 0.1) is 5.92 Å². The Bertz CT molecular complexity index is 275. The Labute approximate surface area is 83.2 Å². The van der Waals surface area contributed by atoms with Gasteiger partial charge in [-0.05, 0) is 36.4 Å². The molecule has 0 radical (unpaired) electrons. The zero-order valence-corrected chi connectivity index (χ0v) is 9.70. The molecule has 0 bridgehead atoms. The van der Waals surface area contributed by atoms with Gasteiger partial charge in [-0.2, -0.15) is 0 Å². The van der Waals surface area contributed by atoms with Gasteiger partial charge in [-0.1, -0.05) is 40.6 Å². The Kier molecular flexibility index (Phi) is 2.94. The minimum Gasteiger partial charge on any atom is -0.0832 e. The summed E-state index contributed by atoms with van der Waals surface area (Å²) in [5.41, 5.74) is 4.27. The maximum atomic E-state index is 3.53. The summed E-state index contributed by atoms with van der Waals surface area (Å²) < 4.78 is 1.24. The quantitative estimate of drug-likeness (QED) is 0.581. The van der Waals surface area contributed by atoms with Gasteiger partial charge in [0.15, 0.2) is 0 Å². The summed E-state index contributed by atoms with van der Waals surface area (Å²) in [6, 6.07) is 0. The third-order valence-corrected chi connectivity index (χ3v) is 2.94. The lowest BCUT2D eigenvalue weighted by atomic mass is 9.98. The Morgan fingerprint density at radius 1 is 1.58 bits per heavy atom. The summed E-state index contributed by atoms with van der Waals surface area (Å²) >= 11 is 3.53. The van der Waals surface area contributed by atoms with E-state index in [0.717, 1.165) is 0 Å². The predicted molar refractivity (Wildman–Crippen MR) is 58.3 cm³/mol. The first kappa shape index (κ1) is 9.79. The second-order valence-corrected chi connectivity index (χ2v) is 4.49. The van der Waals surface area contributed by atoms with Gasteiger partial charge in [0.2, 0.25) is 0 Å². The minimum absolute atomic E-state index is 0.595. The molecule has 0 aliphatic heterocycles. The van der Waals surface area contributed by atoms with Gasteiger partial charge < -0.3 is 0 Å². The Morgan fingerprint density at radius 3 is 2.50 bits per heavy atom. The van der Waals surface area contributed by atoms with Crippen molar-refractivity contribution in [3.05, 3.63) is 33.4 Å². The van der Waals surface area contributed by atoms with Crippen LogP contribution in [-0.4, -0.2) is 0 Å². The zero-order valence-electron chi connectivity index (χ0n) is 8.11. The molecule has 0 nitrogen and oxygen atoms in total. The standard InChI is InChI=1S/C11H15Br/c1-5-10-8(3)7(2)6-11(10)9(4)12/h5-6,8H,1-4H3/b10-5-,11-9+. The summed E-state index contributed by atoms with van der Waals surface area (Å²) in [4.78, 5) is 0. The first-order valence-corrected chi connectivity index (χ1v) is 5.08. The van der Waals surface area contributed by atoms with E-state index < -0.39 is 0 Å². The van der Waals surface area contributed by atoms with Crippen molar-refractivity contribution < 1.29 is 0 Å². The third kappa shape index (κ3) is 1.56. The van der Waals surface area contributed by atoms with Crippen molar-refractivity contribution in [3.8, 4) is 0 Å². The van der Waals surface area contributed by atoms with Crippen LogP contribution in [0.1, 0.15) is 27.7 Å². The predicted octanol–water partition coefficient (Wildman–Crippen LogP) is 4.20. The smallest absolute Gasteiger partial charge is 0.00233 e. The van der Waals surface area contributed by atoms with Gasteiger partial charge in [-0.15, -0.1) is 0 Å². The topological polar surface area (TPSA) is 0 Å². The average molecular weight is 227 g/mol. The number of hydrogen-bond acceptors (Lipinski definition) is 0. The fourth-order valence-corrected chi connectivity index (χ4v) is 1.96. The SMILES string of the molecule is C/C=C1\C(=C(/C)Br)C=C(C)C1C. The van der Waals surface area contributed by atoms with Gasteiger partial charge in [-0.25, -0.2) is 0 Å². The van der Waals surface area contributed by atoms with Crippen LogP contribution in [-0.2, 0) is 0 Å². The van der Waals surface area contributed by atoms with Gasteiger partial charge in [0, 0.05) is 5.92 Å². The van der Waals surface area contributed by atoms with Crippen LogP contribution < -0.4 is 0 Å². The number of hydrogen-bond donors (Lipinski definition) is 0. The molecule has 1 aliphatic rings. The van der Waals surface area contributed by atoms with Crippen LogP contribution in [0.5, 0.6) is 0 Å². The van der Waals surface area contributed by atoms with Crippen LogP contribution in [0.2, 0.25) is 0 Å².